The van der Waals surface area contributed by atoms with Gasteiger partial charge in [0.25, 0.3) is 0 Å². The zero-order chi connectivity index (χ0) is 37.8. The van der Waals surface area contributed by atoms with Crippen LogP contribution in [0, 0.1) is 0 Å². The van der Waals surface area contributed by atoms with Crippen molar-refractivity contribution in [1.29, 1.82) is 0 Å². The van der Waals surface area contributed by atoms with Gasteiger partial charge in [-0.05, 0) is 114 Å². The van der Waals surface area contributed by atoms with Crippen LogP contribution in [-0.2, 0) is 16.2 Å². The second-order valence-corrected chi connectivity index (χ2v) is 17.5. The molecule has 0 N–H and O–H groups in total. The van der Waals surface area contributed by atoms with Crippen molar-refractivity contribution >= 4 is 17.1 Å². The van der Waals surface area contributed by atoms with E-state index in [1.165, 1.54) is 66.8 Å². The van der Waals surface area contributed by atoms with Crippen LogP contribution in [0.5, 0.6) is 0 Å². The lowest BCUT2D eigenvalue weighted by molar-refractivity contribution is 0.569. The number of nitrogens with zero attached hydrogens (tertiary/aromatic N) is 1. The largest absolute Gasteiger partial charge is 0.310 e. The number of hydrogen-bond donors (Lipinski definition) is 0. The first-order valence-electron chi connectivity index (χ1n) is 19.3. The average molecular weight is 702 g/mol. The summed E-state index contributed by atoms with van der Waals surface area (Å²) in [6, 6.07) is 60.6. The van der Waals surface area contributed by atoms with Crippen molar-refractivity contribution in [1.82, 2.24) is 0 Å². The highest BCUT2D eigenvalue weighted by molar-refractivity contribution is 5.94. The van der Waals surface area contributed by atoms with E-state index in [9.17, 15) is 0 Å². The fourth-order valence-corrected chi connectivity index (χ4v) is 8.12. The first kappa shape index (κ1) is 35.4. The maximum atomic E-state index is 2.45. The van der Waals surface area contributed by atoms with E-state index in [1.54, 1.807) is 0 Å². The van der Waals surface area contributed by atoms with Crippen LogP contribution in [0.3, 0.4) is 0 Å². The Balaban J connectivity index is 1.27. The molecule has 0 heterocycles. The molecule has 1 heteroatoms. The van der Waals surface area contributed by atoms with Crippen LogP contribution in [0.4, 0.5) is 17.1 Å². The third kappa shape index (κ3) is 6.47. The minimum atomic E-state index is -0.175. The number of hydrogen-bond acceptors (Lipinski definition) is 1. The van der Waals surface area contributed by atoms with Crippen molar-refractivity contribution in [3.63, 3.8) is 0 Å². The van der Waals surface area contributed by atoms with Gasteiger partial charge in [-0.2, -0.15) is 0 Å². The van der Waals surface area contributed by atoms with Gasteiger partial charge in [0.1, 0.15) is 0 Å². The minimum Gasteiger partial charge on any atom is -0.310 e. The lowest BCUT2D eigenvalue weighted by Crippen LogP contribution is -2.17. The topological polar surface area (TPSA) is 3.24 Å². The molecule has 268 valence electrons. The number of rotatable bonds is 6. The lowest BCUT2D eigenvalue weighted by atomic mass is 9.78. The van der Waals surface area contributed by atoms with Crippen molar-refractivity contribution in [3.8, 4) is 44.5 Å². The summed E-state index contributed by atoms with van der Waals surface area (Å²) in [5.74, 6) is 0. The summed E-state index contributed by atoms with van der Waals surface area (Å²) in [6.45, 7) is 18.7. The van der Waals surface area contributed by atoms with Gasteiger partial charge in [-0.3, -0.25) is 0 Å². The highest BCUT2D eigenvalue weighted by atomic mass is 15.1. The van der Waals surface area contributed by atoms with E-state index in [0.717, 1.165) is 17.1 Å². The molecule has 0 saturated heterocycles. The van der Waals surface area contributed by atoms with Crippen LogP contribution in [0.15, 0.2) is 164 Å². The van der Waals surface area contributed by atoms with Crippen molar-refractivity contribution < 1.29 is 0 Å². The van der Waals surface area contributed by atoms with E-state index < -0.39 is 0 Å². The SMILES string of the molecule is CC(C)(C)c1cc(-c2cccc3c2-c2ccc(N(c4ccc(-c5ccccc5)cc4)c4ccc(-c5ccccc5)cc4)cc2C3(C)C)cc(C(C)(C)C)c1. The number of anilines is 3. The minimum absolute atomic E-state index is 0.0437. The first-order chi connectivity index (χ1) is 25.8. The summed E-state index contributed by atoms with van der Waals surface area (Å²) in [4.78, 5) is 2.41. The summed E-state index contributed by atoms with van der Waals surface area (Å²) in [6.07, 6.45) is 0. The van der Waals surface area contributed by atoms with E-state index in [0.29, 0.717) is 0 Å². The van der Waals surface area contributed by atoms with Crippen molar-refractivity contribution in [3.05, 3.63) is 186 Å². The molecular weight excluding hydrogens is 651 g/mol. The van der Waals surface area contributed by atoms with Gasteiger partial charge in [0.15, 0.2) is 0 Å². The molecule has 8 rings (SSSR count). The number of fused-ring (bicyclic) bond motifs is 3. The Morgan fingerprint density at radius 2 is 0.833 bits per heavy atom. The van der Waals surface area contributed by atoms with E-state index in [4.69, 9.17) is 0 Å². The monoisotopic (exact) mass is 701 g/mol. The van der Waals surface area contributed by atoms with E-state index in [-0.39, 0.29) is 16.2 Å². The molecule has 0 bridgehead atoms. The normalized spacial score (nSPS) is 13.3. The van der Waals surface area contributed by atoms with Gasteiger partial charge in [-0.1, -0.05) is 183 Å². The molecular formula is C53H51N. The van der Waals surface area contributed by atoms with Gasteiger partial charge < -0.3 is 4.90 Å². The second-order valence-electron chi connectivity index (χ2n) is 17.5. The molecule has 0 atom stereocenters. The quantitative estimate of drug-likeness (QED) is 0.167. The number of benzene rings is 7. The molecule has 7 aromatic rings. The van der Waals surface area contributed by atoms with Gasteiger partial charge >= 0.3 is 0 Å². The summed E-state index contributed by atoms with van der Waals surface area (Å²) >= 11 is 0. The second kappa shape index (κ2) is 13.3. The Morgan fingerprint density at radius 3 is 1.31 bits per heavy atom. The third-order valence-electron chi connectivity index (χ3n) is 11.4. The smallest absolute Gasteiger partial charge is 0.0465 e. The maximum Gasteiger partial charge on any atom is 0.0465 e. The van der Waals surface area contributed by atoms with Crippen LogP contribution in [0.25, 0.3) is 44.5 Å². The van der Waals surface area contributed by atoms with Crippen LogP contribution in [-0.4, -0.2) is 0 Å². The summed E-state index contributed by atoms with van der Waals surface area (Å²) in [5.41, 5.74) is 19.0. The van der Waals surface area contributed by atoms with Crippen molar-refractivity contribution in [2.45, 2.75) is 71.6 Å². The van der Waals surface area contributed by atoms with Crippen LogP contribution >= 0.6 is 0 Å². The van der Waals surface area contributed by atoms with Crippen molar-refractivity contribution in [2.75, 3.05) is 4.90 Å². The Kier molecular flexibility index (Phi) is 8.73. The van der Waals surface area contributed by atoms with Gasteiger partial charge in [0, 0.05) is 22.5 Å². The Labute approximate surface area is 323 Å². The van der Waals surface area contributed by atoms with Crippen LogP contribution in [0.2, 0.25) is 0 Å². The van der Waals surface area contributed by atoms with Crippen LogP contribution in [0.1, 0.15) is 77.6 Å². The molecule has 1 aliphatic carbocycles. The molecule has 0 saturated carbocycles. The first-order valence-corrected chi connectivity index (χ1v) is 19.3. The predicted octanol–water partition coefficient (Wildman–Crippen LogP) is 15.1. The third-order valence-corrected chi connectivity index (χ3v) is 11.4. The zero-order valence-electron chi connectivity index (χ0n) is 33.0. The van der Waals surface area contributed by atoms with E-state index >= 15 is 0 Å². The molecule has 0 aliphatic heterocycles. The highest BCUT2D eigenvalue weighted by Crippen LogP contribution is 2.54. The molecule has 0 amide bonds. The zero-order valence-corrected chi connectivity index (χ0v) is 33.0. The predicted molar refractivity (Wildman–Crippen MR) is 232 cm³/mol. The fourth-order valence-electron chi connectivity index (χ4n) is 8.12. The van der Waals surface area contributed by atoms with Gasteiger partial charge in [-0.25, -0.2) is 0 Å². The molecule has 0 radical (unpaired) electrons. The lowest BCUT2D eigenvalue weighted by Gasteiger charge is -2.28. The standard InChI is InChI=1S/C53H51N/c1-51(2,3)41-32-40(33-42(34-41)52(4,5)6)46-20-15-21-48-50(46)47-31-30-45(35-49(47)53(48,7)8)54(43-26-22-38(23-27-43)36-16-11-9-12-17-36)44-28-24-39(25-29-44)37-18-13-10-14-19-37/h9-35H,1-8H3. The molecule has 0 unspecified atom stereocenters. The Morgan fingerprint density at radius 1 is 0.370 bits per heavy atom. The molecule has 0 fully saturated rings. The van der Waals surface area contributed by atoms with E-state index in [1.807, 2.05) is 0 Å². The molecule has 1 aliphatic rings. The Bertz CT molecular complexity index is 2320. The van der Waals surface area contributed by atoms with Gasteiger partial charge in [0.2, 0.25) is 0 Å². The summed E-state index contributed by atoms with van der Waals surface area (Å²) in [7, 11) is 0. The molecule has 1 nitrogen and oxygen atoms in total. The maximum absolute atomic E-state index is 2.45. The molecule has 54 heavy (non-hydrogen) atoms. The average Bonchev–Trinajstić information content (AvgIpc) is 3.41. The molecule has 0 spiro atoms. The Hall–Kier alpha value is -5.66. The van der Waals surface area contributed by atoms with Gasteiger partial charge in [0.05, 0.1) is 0 Å². The van der Waals surface area contributed by atoms with Crippen LogP contribution < -0.4 is 4.90 Å². The van der Waals surface area contributed by atoms with Crippen molar-refractivity contribution in [2.24, 2.45) is 0 Å². The summed E-state index contributed by atoms with van der Waals surface area (Å²) in [5, 5.41) is 0. The molecule has 7 aromatic carbocycles. The van der Waals surface area contributed by atoms with Gasteiger partial charge in [-0.15, -0.1) is 0 Å². The highest BCUT2D eigenvalue weighted by Gasteiger charge is 2.38. The molecule has 0 aromatic heterocycles. The van der Waals surface area contributed by atoms with E-state index in [2.05, 4.69) is 224 Å². The summed E-state index contributed by atoms with van der Waals surface area (Å²) < 4.78 is 0. The fraction of sp³-hybridized carbons (Fsp3) is 0.208.